The van der Waals surface area contributed by atoms with Crippen molar-refractivity contribution in [3.8, 4) is 34.5 Å². The molecule has 4 aromatic rings. The molecule has 0 amide bonds. The lowest BCUT2D eigenvalue weighted by molar-refractivity contribution is 0.0726. The third-order valence-corrected chi connectivity index (χ3v) is 7.17. The van der Waals surface area contributed by atoms with Gasteiger partial charge in [0.25, 0.3) is 0 Å². The molecule has 0 bridgehead atoms. The molecule has 172 valence electrons. The Morgan fingerprint density at radius 2 is 2.00 bits per heavy atom. The van der Waals surface area contributed by atoms with Gasteiger partial charge in [-0.3, -0.25) is 9.67 Å². The topological polar surface area (TPSA) is 125 Å². The molecule has 11 heteroatoms. The molecule has 4 heterocycles. The Hall–Kier alpha value is -3.88. The molecular weight excluding hydrogens is 459 g/mol. The van der Waals surface area contributed by atoms with E-state index in [1.54, 1.807) is 35.3 Å². The van der Waals surface area contributed by atoms with Crippen LogP contribution in [0.25, 0.3) is 33.5 Å². The molecule has 3 aromatic heterocycles. The first-order valence-corrected chi connectivity index (χ1v) is 12.2. The van der Waals surface area contributed by atoms with Crippen molar-refractivity contribution in [3.05, 3.63) is 60.7 Å². The average molecular weight is 479 g/mol. The summed E-state index contributed by atoms with van der Waals surface area (Å²) in [5.41, 5.74) is 1.30. The summed E-state index contributed by atoms with van der Waals surface area (Å²) in [6, 6.07) is 12.7. The minimum Gasteiger partial charge on any atom is -0.507 e. The lowest BCUT2D eigenvalue weighted by atomic mass is 9.89. The zero-order valence-electron chi connectivity index (χ0n) is 18.1. The van der Waals surface area contributed by atoms with Gasteiger partial charge in [0.1, 0.15) is 28.5 Å². The summed E-state index contributed by atoms with van der Waals surface area (Å²) in [5, 5.41) is 25.0. The van der Waals surface area contributed by atoms with Crippen LogP contribution in [-0.2, 0) is 15.6 Å². The third-order valence-electron chi connectivity index (χ3n) is 5.97. The van der Waals surface area contributed by atoms with Crippen LogP contribution in [0.15, 0.2) is 54.9 Å². The molecule has 34 heavy (non-hydrogen) atoms. The van der Waals surface area contributed by atoms with Crippen LogP contribution >= 0.6 is 0 Å². The van der Waals surface area contributed by atoms with E-state index in [9.17, 15) is 23.2 Å². The van der Waals surface area contributed by atoms with Gasteiger partial charge in [0.15, 0.2) is 0 Å². The number of benzene rings is 1. The summed E-state index contributed by atoms with van der Waals surface area (Å²) >= 11 is 0. The number of rotatable bonds is 5. The van der Waals surface area contributed by atoms with Crippen molar-refractivity contribution in [2.75, 3.05) is 19.3 Å². The SMILES string of the molecule is CS(=O)(=O)N1CC(CC#N)(n2ccc(-c3nc(-c4cc(F)ccc4O)cc4ncccc34)n2)C1. The van der Waals surface area contributed by atoms with Gasteiger partial charge in [-0.1, -0.05) is 0 Å². The Morgan fingerprint density at radius 3 is 2.74 bits per heavy atom. The van der Waals surface area contributed by atoms with Crippen molar-refractivity contribution >= 4 is 20.9 Å². The second-order valence-corrected chi connectivity index (χ2v) is 10.3. The first-order valence-electron chi connectivity index (χ1n) is 10.3. The smallest absolute Gasteiger partial charge is 0.211 e. The quantitative estimate of drug-likeness (QED) is 0.468. The number of aromatic nitrogens is 4. The highest BCUT2D eigenvalue weighted by molar-refractivity contribution is 7.88. The molecule has 0 radical (unpaired) electrons. The second-order valence-electron chi connectivity index (χ2n) is 8.32. The van der Waals surface area contributed by atoms with Gasteiger partial charge < -0.3 is 5.11 Å². The van der Waals surface area contributed by atoms with Gasteiger partial charge in [0.05, 0.1) is 30.0 Å². The van der Waals surface area contributed by atoms with Crippen LogP contribution < -0.4 is 0 Å². The monoisotopic (exact) mass is 478 g/mol. The van der Waals surface area contributed by atoms with E-state index in [4.69, 9.17) is 0 Å². The summed E-state index contributed by atoms with van der Waals surface area (Å²) in [6.45, 7) is 0.293. The van der Waals surface area contributed by atoms with Crippen molar-refractivity contribution in [1.29, 1.82) is 5.26 Å². The summed E-state index contributed by atoms with van der Waals surface area (Å²) in [6.07, 6.45) is 4.54. The van der Waals surface area contributed by atoms with Crippen LogP contribution in [0.4, 0.5) is 4.39 Å². The highest BCUT2D eigenvalue weighted by Gasteiger charge is 2.49. The van der Waals surface area contributed by atoms with E-state index in [1.807, 2.05) is 6.07 Å². The number of halogens is 1. The Kier molecular flexibility index (Phi) is 5.07. The number of phenols is 1. The van der Waals surface area contributed by atoms with E-state index < -0.39 is 21.4 Å². The molecule has 0 spiro atoms. The fraction of sp³-hybridized carbons (Fsp3) is 0.217. The molecule has 1 fully saturated rings. The van der Waals surface area contributed by atoms with E-state index in [0.717, 1.165) is 12.3 Å². The molecule has 1 aliphatic rings. The molecule has 0 aliphatic carbocycles. The normalized spacial score (nSPS) is 15.7. The Labute approximate surface area is 194 Å². The minimum atomic E-state index is -3.37. The maximum Gasteiger partial charge on any atom is 0.211 e. The van der Waals surface area contributed by atoms with Crippen molar-refractivity contribution in [2.24, 2.45) is 0 Å². The Bertz CT molecular complexity index is 1570. The summed E-state index contributed by atoms with van der Waals surface area (Å²) in [4.78, 5) is 9.06. The Morgan fingerprint density at radius 1 is 1.21 bits per heavy atom. The highest BCUT2D eigenvalue weighted by Crippen LogP contribution is 2.37. The van der Waals surface area contributed by atoms with E-state index >= 15 is 0 Å². The molecule has 0 atom stereocenters. The maximum absolute atomic E-state index is 13.9. The van der Waals surface area contributed by atoms with Crippen LogP contribution in [0, 0.1) is 17.1 Å². The number of hydrogen-bond acceptors (Lipinski definition) is 7. The van der Waals surface area contributed by atoms with E-state index in [0.29, 0.717) is 28.0 Å². The molecule has 0 saturated carbocycles. The second kappa shape index (κ2) is 7.86. The van der Waals surface area contributed by atoms with Crippen LogP contribution in [0.3, 0.4) is 0 Å². The van der Waals surface area contributed by atoms with Crippen molar-refractivity contribution in [3.63, 3.8) is 0 Å². The molecule has 1 aromatic carbocycles. The standard InChI is InChI=1S/C23H19FN6O3S/c1-34(32,33)29-13-23(14-29,7-8-25)30-10-6-18(28-30)22-16-3-2-9-26-19(16)12-20(27-22)17-11-15(24)4-5-21(17)31/h2-6,9-12,31H,7,13-14H2,1H3. The highest BCUT2D eigenvalue weighted by atomic mass is 32.2. The maximum atomic E-state index is 13.9. The number of fused-ring (bicyclic) bond motifs is 1. The van der Waals surface area contributed by atoms with Crippen LogP contribution in [-0.4, -0.2) is 56.9 Å². The predicted molar refractivity (Wildman–Crippen MR) is 122 cm³/mol. The predicted octanol–water partition coefficient (Wildman–Crippen LogP) is 2.89. The largest absolute Gasteiger partial charge is 0.507 e. The molecule has 9 nitrogen and oxygen atoms in total. The number of nitriles is 1. The lowest BCUT2D eigenvalue weighted by Crippen LogP contribution is -2.63. The first-order chi connectivity index (χ1) is 16.2. The van der Waals surface area contributed by atoms with E-state index in [1.165, 1.54) is 16.4 Å². The average Bonchev–Trinajstić information content (AvgIpc) is 3.26. The summed E-state index contributed by atoms with van der Waals surface area (Å²) in [5.74, 6) is -0.635. The van der Waals surface area contributed by atoms with Crippen molar-refractivity contribution in [2.45, 2.75) is 12.0 Å². The molecular formula is C23H19FN6O3S. The molecule has 1 N–H and O–H groups in total. The van der Waals surface area contributed by atoms with Gasteiger partial charge in [-0.15, -0.1) is 0 Å². The van der Waals surface area contributed by atoms with Crippen LogP contribution in [0.1, 0.15) is 6.42 Å². The van der Waals surface area contributed by atoms with Gasteiger partial charge in [-0.25, -0.2) is 17.8 Å². The number of sulfonamides is 1. The van der Waals surface area contributed by atoms with E-state index in [2.05, 4.69) is 21.1 Å². The number of nitrogens with zero attached hydrogens (tertiary/aromatic N) is 6. The van der Waals surface area contributed by atoms with Crippen LogP contribution in [0.5, 0.6) is 5.75 Å². The van der Waals surface area contributed by atoms with Gasteiger partial charge in [-0.2, -0.15) is 14.7 Å². The van der Waals surface area contributed by atoms with Crippen LogP contribution in [0.2, 0.25) is 0 Å². The van der Waals surface area contributed by atoms with Gasteiger partial charge >= 0.3 is 0 Å². The Balaban J connectivity index is 1.62. The fourth-order valence-corrected chi connectivity index (χ4v) is 5.12. The molecule has 1 aliphatic heterocycles. The zero-order chi connectivity index (χ0) is 24.1. The first kappa shape index (κ1) is 21.9. The fourth-order valence-electron chi connectivity index (χ4n) is 4.17. The summed E-state index contributed by atoms with van der Waals surface area (Å²) in [7, 11) is -3.37. The van der Waals surface area contributed by atoms with Crippen molar-refractivity contribution < 1.29 is 17.9 Å². The minimum absolute atomic E-state index is 0.0904. The van der Waals surface area contributed by atoms with Crippen molar-refractivity contribution in [1.82, 2.24) is 24.1 Å². The molecule has 0 unspecified atom stereocenters. The van der Waals surface area contributed by atoms with Gasteiger partial charge in [-0.05, 0) is 42.5 Å². The zero-order valence-corrected chi connectivity index (χ0v) is 18.9. The van der Waals surface area contributed by atoms with E-state index in [-0.39, 0.29) is 30.8 Å². The number of aromatic hydroxyl groups is 1. The number of pyridine rings is 2. The van der Waals surface area contributed by atoms with Gasteiger partial charge in [0, 0.05) is 36.4 Å². The number of phenolic OH excluding ortho intramolecular Hbond substituents is 1. The molecule has 1 saturated heterocycles. The summed E-state index contributed by atoms with van der Waals surface area (Å²) < 4.78 is 40.6. The molecule has 5 rings (SSSR count). The number of hydrogen-bond donors (Lipinski definition) is 1. The third kappa shape index (κ3) is 3.67. The van der Waals surface area contributed by atoms with Gasteiger partial charge in [0.2, 0.25) is 10.0 Å². The lowest BCUT2D eigenvalue weighted by Gasteiger charge is -2.47.